The van der Waals surface area contributed by atoms with Crippen LogP contribution in [0.25, 0.3) is 11.3 Å². The van der Waals surface area contributed by atoms with E-state index < -0.39 is 0 Å². The van der Waals surface area contributed by atoms with Crippen LogP contribution in [0.4, 0.5) is 5.69 Å². The molecule has 0 atom stereocenters. The van der Waals surface area contributed by atoms with Crippen LogP contribution in [-0.4, -0.2) is 16.1 Å². The summed E-state index contributed by atoms with van der Waals surface area (Å²) in [7, 11) is 0. The summed E-state index contributed by atoms with van der Waals surface area (Å²) in [6.45, 7) is 0. The number of benzene rings is 2. The Morgan fingerprint density at radius 1 is 1.05 bits per heavy atom. The van der Waals surface area contributed by atoms with Gasteiger partial charge in [-0.05, 0) is 24.3 Å². The van der Waals surface area contributed by atoms with Crippen molar-refractivity contribution < 1.29 is 4.79 Å². The van der Waals surface area contributed by atoms with E-state index in [9.17, 15) is 4.79 Å². The highest BCUT2D eigenvalue weighted by atomic mass is 35.5. The molecule has 1 aromatic heterocycles. The first-order valence-corrected chi connectivity index (χ1v) is 6.78. The van der Waals surface area contributed by atoms with Gasteiger partial charge in [0.15, 0.2) is 0 Å². The number of carbonyl (C=O) groups is 1. The first kappa shape index (κ1) is 13.4. The molecule has 0 radical (unpaired) electrons. The number of H-pyrrole nitrogens is 1. The number of amides is 1. The molecule has 0 saturated carbocycles. The van der Waals surface area contributed by atoms with Crippen molar-refractivity contribution in [2.24, 2.45) is 0 Å². The molecule has 4 nitrogen and oxygen atoms in total. The Bertz CT molecular complexity index is 768. The van der Waals surface area contributed by atoms with E-state index in [-0.39, 0.29) is 5.91 Å². The molecule has 5 heteroatoms. The lowest BCUT2D eigenvalue weighted by molar-refractivity contribution is 0.102. The van der Waals surface area contributed by atoms with Crippen LogP contribution < -0.4 is 5.32 Å². The van der Waals surface area contributed by atoms with Crippen LogP contribution in [-0.2, 0) is 0 Å². The zero-order valence-corrected chi connectivity index (χ0v) is 11.8. The van der Waals surface area contributed by atoms with E-state index in [4.69, 9.17) is 11.6 Å². The van der Waals surface area contributed by atoms with Crippen LogP contribution in [0.3, 0.4) is 0 Å². The fourth-order valence-electron chi connectivity index (χ4n) is 1.96. The van der Waals surface area contributed by atoms with E-state index in [0.29, 0.717) is 16.4 Å². The molecule has 0 fully saturated rings. The predicted octanol–water partition coefficient (Wildman–Crippen LogP) is 3.98. The monoisotopic (exact) mass is 297 g/mol. The van der Waals surface area contributed by atoms with E-state index in [1.165, 1.54) is 0 Å². The molecule has 0 aliphatic carbocycles. The first-order chi connectivity index (χ1) is 10.2. The molecule has 1 heterocycles. The van der Waals surface area contributed by atoms with Gasteiger partial charge in [0.25, 0.3) is 5.91 Å². The second-order valence-corrected chi connectivity index (χ2v) is 4.87. The number of nitrogens with one attached hydrogen (secondary N) is 2. The number of rotatable bonds is 3. The Balaban J connectivity index is 1.82. The Hall–Kier alpha value is -2.59. The van der Waals surface area contributed by atoms with Crippen LogP contribution in [0.15, 0.2) is 60.7 Å². The molecule has 0 aliphatic rings. The number of aromatic amines is 1. The van der Waals surface area contributed by atoms with Crippen molar-refractivity contribution in [1.82, 2.24) is 10.2 Å². The molecule has 3 aromatic rings. The lowest BCUT2D eigenvalue weighted by atomic mass is 10.1. The zero-order chi connectivity index (χ0) is 14.7. The molecule has 104 valence electrons. The van der Waals surface area contributed by atoms with Crippen LogP contribution >= 0.6 is 11.6 Å². The van der Waals surface area contributed by atoms with Gasteiger partial charge in [0, 0.05) is 11.3 Å². The highest BCUT2D eigenvalue weighted by Crippen LogP contribution is 2.26. The number of hydrogen-bond donors (Lipinski definition) is 2. The summed E-state index contributed by atoms with van der Waals surface area (Å²) < 4.78 is 0. The highest BCUT2D eigenvalue weighted by Gasteiger charge is 2.12. The van der Waals surface area contributed by atoms with E-state index >= 15 is 0 Å². The third-order valence-corrected chi connectivity index (χ3v) is 3.33. The number of aromatic nitrogens is 2. The number of anilines is 1. The molecule has 0 spiro atoms. The number of nitrogens with zero attached hydrogens (tertiary/aromatic N) is 1. The number of hydrogen-bond acceptors (Lipinski definition) is 2. The number of halogens is 1. The molecular formula is C16H12ClN3O. The van der Waals surface area contributed by atoms with Crippen LogP contribution in [0, 0.1) is 0 Å². The Morgan fingerprint density at radius 2 is 1.76 bits per heavy atom. The second kappa shape index (κ2) is 5.81. The Morgan fingerprint density at radius 3 is 2.52 bits per heavy atom. The maximum absolute atomic E-state index is 12.1. The molecule has 0 unspecified atom stereocenters. The minimum atomic E-state index is -0.244. The van der Waals surface area contributed by atoms with Gasteiger partial charge in [0.1, 0.15) is 5.69 Å². The van der Waals surface area contributed by atoms with Crippen LogP contribution in [0.1, 0.15) is 10.5 Å². The highest BCUT2D eigenvalue weighted by molar-refractivity contribution is 6.33. The minimum Gasteiger partial charge on any atom is -0.321 e. The van der Waals surface area contributed by atoms with Crippen LogP contribution in [0.2, 0.25) is 5.02 Å². The third kappa shape index (κ3) is 2.95. The molecule has 0 saturated heterocycles. The van der Waals surface area contributed by atoms with Crippen molar-refractivity contribution in [1.29, 1.82) is 0 Å². The maximum atomic E-state index is 12.1. The van der Waals surface area contributed by atoms with Gasteiger partial charge in [-0.3, -0.25) is 9.89 Å². The van der Waals surface area contributed by atoms with Crippen LogP contribution in [0.5, 0.6) is 0 Å². The number of para-hydroxylation sites is 1. The SMILES string of the molecule is O=C(Nc1ccccc1)c1cc(-c2ccccc2Cl)n[nH]1. The molecule has 2 aromatic carbocycles. The summed E-state index contributed by atoms with van der Waals surface area (Å²) in [5.74, 6) is -0.244. The fourth-order valence-corrected chi connectivity index (χ4v) is 2.20. The lowest BCUT2D eigenvalue weighted by Gasteiger charge is -2.02. The molecule has 0 bridgehead atoms. The maximum Gasteiger partial charge on any atom is 0.273 e. The van der Waals surface area contributed by atoms with E-state index in [0.717, 1.165) is 11.3 Å². The fraction of sp³-hybridized carbons (Fsp3) is 0. The van der Waals surface area contributed by atoms with Gasteiger partial charge in [0.05, 0.1) is 10.7 Å². The van der Waals surface area contributed by atoms with Crippen molar-refractivity contribution in [2.45, 2.75) is 0 Å². The zero-order valence-electron chi connectivity index (χ0n) is 11.0. The van der Waals surface area contributed by atoms with E-state index in [1.54, 1.807) is 12.1 Å². The summed E-state index contributed by atoms with van der Waals surface area (Å²) in [4.78, 5) is 12.1. The van der Waals surface area contributed by atoms with Gasteiger partial charge in [-0.25, -0.2) is 0 Å². The molecule has 3 rings (SSSR count). The average Bonchev–Trinajstić information content (AvgIpc) is 2.98. The van der Waals surface area contributed by atoms with E-state index in [1.807, 2.05) is 48.5 Å². The molecular weight excluding hydrogens is 286 g/mol. The van der Waals surface area contributed by atoms with Crippen molar-refractivity contribution in [3.05, 3.63) is 71.4 Å². The van der Waals surface area contributed by atoms with Gasteiger partial charge in [-0.15, -0.1) is 0 Å². The topological polar surface area (TPSA) is 57.8 Å². The lowest BCUT2D eigenvalue weighted by Crippen LogP contribution is -2.12. The Kier molecular flexibility index (Phi) is 3.71. The van der Waals surface area contributed by atoms with Gasteiger partial charge >= 0.3 is 0 Å². The summed E-state index contributed by atoms with van der Waals surface area (Å²) in [5, 5.41) is 10.3. The summed E-state index contributed by atoms with van der Waals surface area (Å²) >= 11 is 6.12. The summed E-state index contributed by atoms with van der Waals surface area (Å²) in [6.07, 6.45) is 0. The van der Waals surface area contributed by atoms with Gasteiger partial charge < -0.3 is 5.32 Å². The quantitative estimate of drug-likeness (QED) is 0.768. The first-order valence-electron chi connectivity index (χ1n) is 6.41. The number of carbonyl (C=O) groups excluding carboxylic acids is 1. The Labute approximate surface area is 126 Å². The second-order valence-electron chi connectivity index (χ2n) is 4.47. The molecule has 0 aliphatic heterocycles. The average molecular weight is 298 g/mol. The largest absolute Gasteiger partial charge is 0.321 e. The van der Waals surface area contributed by atoms with Gasteiger partial charge in [-0.2, -0.15) is 5.10 Å². The third-order valence-electron chi connectivity index (χ3n) is 3.00. The minimum absolute atomic E-state index is 0.244. The predicted molar refractivity (Wildman–Crippen MR) is 83.4 cm³/mol. The standard InChI is InChI=1S/C16H12ClN3O/c17-13-9-5-4-8-12(13)14-10-15(20-19-14)16(21)18-11-6-2-1-3-7-11/h1-10H,(H,18,21)(H,19,20). The normalized spacial score (nSPS) is 10.3. The van der Waals surface area contributed by atoms with Crippen molar-refractivity contribution in [3.63, 3.8) is 0 Å². The van der Waals surface area contributed by atoms with Crippen molar-refractivity contribution in [2.75, 3.05) is 5.32 Å². The smallest absolute Gasteiger partial charge is 0.273 e. The summed E-state index contributed by atoms with van der Waals surface area (Å²) in [5.41, 5.74) is 2.54. The van der Waals surface area contributed by atoms with Gasteiger partial charge in [-0.1, -0.05) is 48.0 Å². The van der Waals surface area contributed by atoms with Crippen molar-refractivity contribution in [3.8, 4) is 11.3 Å². The van der Waals surface area contributed by atoms with Crippen molar-refractivity contribution >= 4 is 23.2 Å². The van der Waals surface area contributed by atoms with E-state index in [2.05, 4.69) is 15.5 Å². The molecule has 21 heavy (non-hydrogen) atoms. The van der Waals surface area contributed by atoms with Gasteiger partial charge in [0.2, 0.25) is 0 Å². The molecule has 1 amide bonds. The molecule has 2 N–H and O–H groups in total. The summed E-state index contributed by atoms with van der Waals surface area (Å²) in [6, 6.07) is 18.3.